The summed E-state index contributed by atoms with van der Waals surface area (Å²) in [5.41, 5.74) is 2.60. The Hall–Kier alpha value is -0.500. The molecule has 0 radical (unpaired) electrons. The number of hydrogen-bond donors (Lipinski definition) is 0. The fourth-order valence-electron chi connectivity index (χ4n) is 2.20. The predicted molar refractivity (Wildman–Crippen MR) is 87.8 cm³/mol. The van der Waals surface area contributed by atoms with Crippen LogP contribution in [0.2, 0.25) is 10.0 Å². The Morgan fingerprint density at radius 1 is 0.789 bits per heavy atom. The zero-order valence-electron chi connectivity index (χ0n) is 10.5. The van der Waals surface area contributed by atoms with Gasteiger partial charge in [0.15, 0.2) is 0 Å². The predicted octanol–water partition coefficient (Wildman–Crippen LogP) is 6.30. The highest BCUT2D eigenvalue weighted by Crippen LogP contribution is 2.31. The monoisotopic (exact) mass is 356 g/mol. The number of hydrogen-bond acceptors (Lipinski definition) is 0. The molecule has 0 atom stereocenters. The summed E-state index contributed by atoms with van der Waals surface area (Å²) in [6.07, 6.45) is 2.24. The Kier molecular flexibility index (Phi) is 5.75. The van der Waals surface area contributed by atoms with Gasteiger partial charge in [-0.3, -0.25) is 0 Å². The van der Waals surface area contributed by atoms with Crippen molar-refractivity contribution in [3.05, 3.63) is 69.7 Å². The fraction of sp³-hybridized carbons (Fsp3) is 0.250. The molecule has 0 unspecified atom stereocenters. The Bertz CT molecular complexity index is 460. The number of alkyl halides is 1. The van der Waals surface area contributed by atoms with Gasteiger partial charge in [-0.05, 0) is 48.2 Å². The van der Waals surface area contributed by atoms with Gasteiger partial charge < -0.3 is 0 Å². The van der Waals surface area contributed by atoms with Crippen molar-refractivity contribution in [2.75, 3.05) is 5.33 Å². The molecule has 0 bridgehead atoms. The Balaban J connectivity index is 2.29. The second-order valence-electron chi connectivity index (χ2n) is 4.49. The summed E-state index contributed by atoms with van der Waals surface area (Å²) in [6.45, 7) is 0. The number of halogens is 3. The van der Waals surface area contributed by atoms with Gasteiger partial charge >= 0.3 is 0 Å². The average molecular weight is 358 g/mol. The van der Waals surface area contributed by atoms with Crippen molar-refractivity contribution in [2.24, 2.45) is 0 Å². The average Bonchev–Trinajstić information content (AvgIpc) is 2.43. The molecule has 2 rings (SSSR count). The maximum atomic E-state index is 5.96. The lowest BCUT2D eigenvalue weighted by atomic mass is 9.88. The van der Waals surface area contributed by atoms with E-state index in [0.717, 1.165) is 28.2 Å². The van der Waals surface area contributed by atoms with Gasteiger partial charge in [0.2, 0.25) is 0 Å². The van der Waals surface area contributed by atoms with Gasteiger partial charge in [0.05, 0.1) is 0 Å². The molecule has 2 aromatic rings. The lowest BCUT2D eigenvalue weighted by Crippen LogP contribution is -2.01. The van der Waals surface area contributed by atoms with Crippen LogP contribution in [0.1, 0.15) is 29.9 Å². The number of rotatable bonds is 5. The summed E-state index contributed by atoms with van der Waals surface area (Å²) in [5, 5.41) is 2.57. The molecule has 0 nitrogen and oxygen atoms in total. The van der Waals surface area contributed by atoms with Gasteiger partial charge in [0.25, 0.3) is 0 Å². The maximum Gasteiger partial charge on any atom is 0.0406 e. The number of benzene rings is 2. The maximum absolute atomic E-state index is 5.96. The molecule has 19 heavy (non-hydrogen) atoms. The van der Waals surface area contributed by atoms with E-state index in [-0.39, 0.29) is 0 Å². The molecule has 0 aliphatic carbocycles. The zero-order valence-corrected chi connectivity index (χ0v) is 13.5. The third-order valence-electron chi connectivity index (χ3n) is 3.17. The van der Waals surface area contributed by atoms with E-state index in [1.807, 2.05) is 24.3 Å². The molecule has 0 fully saturated rings. The van der Waals surface area contributed by atoms with E-state index in [2.05, 4.69) is 40.2 Å². The van der Waals surface area contributed by atoms with Crippen LogP contribution in [0.4, 0.5) is 0 Å². The van der Waals surface area contributed by atoms with Crippen LogP contribution in [0.3, 0.4) is 0 Å². The van der Waals surface area contributed by atoms with E-state index in [1.54, 1.807) is 0 Å². The summed E-state index contributed by atoms with van der Waals surface area (Å²) >= 11 is 15.4. The SMILES string of the molecule is Clc1ccc(C(CCCBr)c2ccc(Cl)cc2)cc1. The van der Waals surface area contributed by atoms with E-state index in [1.165, 1.54) is 11.1 Å². The molecule has 0 aliphatic rings. The minimum absolute atomic E-state index is 0.395. The van der Waals surface area contributed by atoms with Crippen molar-refractivity contribution in [3.8, 4) is 0 Å². The van der Waals surface area contributed by atoms with Crippen molar-refractivity contribution >= 4 is 39.1 Å². The molecule has 0 N–H and O–H groups in total. The first-order chi connectivity index (χ1) is 9.20. The van der Waals surface area contributed by atoms with E-state index < -0.39 is 0 Å². The Labute approximate surface area is 132 Å². The molecule has 2 aromatic carbocycles. The standard InChI is InChI=1S/C16H15BrCl2/c17-11-1-2-16(12-3-7-14(18)8-4-12)13-5-9-15(19)10-6-13/h3-10,16H,1-2,11H2. The van der Waals surface area contributed by atoms with Gasteiger partial charge in [0.1, 0.15) is 0 Å². The minimum Gasteiger partial charge on any atom is -0.0928 e. The van der Waals surface area contributed by atoms with Crippen molar-refractivity contribution in [1.82, 2.24) is 0 Å². The minimum atomic E-state index is 0.395. The first kappa shape index (κ1) is 14.9. The summed E-state index contributed by atoms with van der Waals surface area (Å²) in [5.74, 6) is 0.395. The lowest BCUT2D eigenvalue weighted by Gasteiger charge is -2.18. The first-order valence-corrected chi connectivity index (χ1v) is 8.15. The van der Waals surface area contributed by atoms with E-state index in [0.29, 0.717) is 5.92 Å². The fourth-order valence-corrected chi connectivity index (χ4v) is 2.77. The first-order valence-electron chi connectivity index (χ1n) is 6.27. The molecule has 0 spiro atoms. The molecule has 0 aliphatic heterocycles. The Morgan fingerprint density at radius 3 is 1.58 bits per heavy atom. The summed E-state index contributed by atoms with van der Waals surface area (Å²) < 4.78 is 0. The van der Waals surface area contributed by atoms with Crippen LogP contribution in [0.15, 0.2) is 48.5 Å². The van der Waals surface area contributed by atoms with Gasteiger partial charge in [-0.2, -0.15) is 0 Å². The highest BCUT2D eigenvalue weighted by molar-refractivity contribution is 9.09. The normalized spacial score (nSPS) is 10.9. The molecule has 100 valence electrons. The van der Waals surface area contributed by atoms with Gasteiger partial charge in [-0.15, -0.1) is 0 Å². The molecule has 0 saturated carbocycles. The largest absolute Gasteiger partial charge is 0.0928 e. The molecule has 0 amide bonds. The van der Waals surface area contributed by atoms with Crippen molar-refractivity contribution < 1.29 is 0 Å². The van der Waals surface area contributed by atoms with Crippen molar-refractivity contribution in [3.63, 3.8) is 0 Å². The molecular weight excluding hydrogens is 343 g/mol. The zero-order chi connectivity index (χ0) is 13.7. The van der Waals surface area contributed by atoms with Gasteiger partial charge in [-0.1, -0.05) is 63.4 Å². The summed E-state index contributed by atoms with van der Waals surface area (Å²) in [7, 11) is 0. The molecule has 3 heteroatoms. The second kappa shape index (κ2) is 7.33. The molecule has 0 saturated heterocycles. The lowest BCUT2D eigenvalue weighted by molar-refractivity contribution is 0.705. The van der Waals surface area contributed by atoms with Crippen LogP contribution in [-0.4, -0.2) is 5.33 Å². The van der Waals surface area contributed by atoms with E-state index in [9.17, 15) is 0 Å². The van der Waals surface area contributed by atoms with Crippen LogP contribution < -0.4 is 0 Å². The molecule has 0 heterocycles. The van der Waals surface area contributed by atoms with Crippen molar-refractivity contribution in [1.29, 1.82) is 0 Å². The van der Waals surface area contributed by atoms with Crippen LogP contribution in [0, 0.1) is 0 Å². The third-order valence-corrected chi connectivity index (χ3v) is 4.24. The highest BCUT2D eigenvalue weighted by atomic mass is 79.9. The molecular formula is C16H15BrCl2. The third kappa shape index (κ3) is 4.24. The van der Waals surface area contributed by atoms with Crippen LogP contribution in [0.5, 0.6) is 0 Å². The topological polar surface area (TPSA) is 0 Å². The summed E-state index contributed by atoms with van der Waals surface area (Å²) in [6, 6.07) is 16.2. The van der Waals surface area contributed by atoms with Crippen LogP contribution >= 0.6 is 39.1 Å². The second-order valence-corrected chi connectivity index (χ2v) is 6.15. The smallest absolute Gasteiger partial charge is 0.0406 e. The quantitative estimate of drug-likeness (QED) is 0.550. The van der Waals surface area contributed by atoms with Crippen LogP contribution in [0.25, 0.3) is 0 Å². The van der Waals surface area contributed by atoms with E-state index in [4.69, 9.17) is 23.2 Å². The van der Waals surface area contributed by atoms with Crippen molar-refractivity contribution in [2.45, 2.75) is 18.8 Å². The molecule has 0 aromatic heterocycles. The van der Waals surface area contributed by atoms with E-state index >= 15 is 0 Å². The summed E-state index contributed by atoms with van der Waals surface area (Å²) in [4.78, 5) is 0. The Morgan fingerprint density at radius 2 is 1.21 bits per heavy atom. The van der Waals surface area contributed by atoms with Gasteiger partial charge in [-0.25, -0.2) is 0 Å². The highest BCUT2D eigenvalue weighted by Gasteiger charge is 2.13. The van der Waals surface area contributed by atoms with Crippen LogP contribution in [-0.2, 0) is 0 Å². The van der Waals surface area contributed by atoms with Gasteiger partial charge in [0, 0.05) is 21.3 Å².